The molecular weight excluding hydrogens is 268 g/mol. The number of hydrogen-bond donors (Lipinski definition) is 2. The summed E-state index contributed by atoms with van der Waals surface area (Å²) in [5.41, 5.74) is 0. The topological polar surface area (TPSA) is 42.5 Å². The molecule has 2 unspecified atom stereocenters. The molecule has 0 spiro atoms. The van der Waals surface area contributed by atoms with Gasteiger partial charge in [0.25, 0.3) is 0 Å². The molecule has 0 amide bonds. The molecule has 1 aliphatic rings. The summed E-state index contributed by atoms with van der Waals surface area (Å²) in [6.45, 7) is 11.0. The molecule has 1 aliphatic carbocycles. The smallest absolute Gasteiger partial charge is 0.371 e. The van der Waals surface area contributed by atoms with Crippen LogP contribution < -0.4 is 9.96 Å². The predicted octanol–water partition coefficient (Wildman–Crippen LogP) is 3.05. The van der Waals surface area contributed by atoms with Gasteiger partial charge in [0.2, 0.25) is 0 Å². The van der Waals surface area contributed by atoms with Crippen LogP contribution in [-0.4, -0.2) is 34.7 Å². The molecule has 0 aromatic carbocycles. The summed E-state index contributed by atoms with van der Waals surface area (Å²) in [5, 5.41) is 0. The maximum Gasteiger partial charge on any atom is 0.517 e. The van der Waals surface area contributed by atoms with Crippen molar-refractivity contribution in [2.75, 3.05) is 19.8 Å². The van der Waals surface area contributed by atoms with Crippen molar-refractivity contribution in [3.63, 3.8) is 0 Å². The van der Waals surface area contributed by atoms with E-state index in [1.165, 1.54) is 32.1 Å². The minimum Gasteiger partial charge on any atom is -0.371 e. The van der Waals surface area contributed by atoms with Crippen molar-refractivity contribution in [1.29, 1.82) is 0 Å². The largest absolute Gasteiger partial charge is 0.517 e. The summed E-state index contributed by atoms with van der Waals surface area (Å²) in [7, 11) is -2.46. The van der Waals surface area contributed by atoms with Crippen LogP contribution in [0.15, 0.2) is 0 Å². The highest BCUT2D eigenvalue weighted by molar-refractivity contribution is 6.62. The molecule has 0 aliphatic heterocycles. The average Bonchev–Trinajstić information content (AvgIpc) is 2.42. The van der Waals surface area contributed by atoms with Gasteiger partial charge in [0.15, 0.2) is 0 Å². The first-order valence-electron chi connectivity index (χ1n) is 8.48. The van der Waals surface area contributed by atoms with Gasteiger partial charge in [-0.15, -0.1) is 0 Å². The molecule has 0 heterocycles. The van der Waals surface area contributed by atoms with Gasteiger partial charge < -0.3 is 8.85 Å². The Kier molecular flexibility index (Phi) is 8.96. The van der Waals surface area contributed by atoms with Crippen molar-refractivity contribution in [1.82, 2.24) is 9.96 Å². The third-order valence-corrected chi connectivity index (χ3v) is 6.93. The number of hydrogen-bond acceptors (Lipinski definition) is 4. The van der Waals surface area contributed by atoms with E-state index in [2.05, 4.69) is 23.8 Å². The lowest BCUT2D eigenvalue weighted by Crippen LogP contribution is -2.70. The molecule has 20 heavy (non-hydrogen) atoms. The molecule has 0 aromatic heterocycles. The van der Waals surface area contributed by atoms with Crippen LogP contribution in [0.25, 0.3) is 0 Å². The van der Waals surface area contributed by atoms with E-state index >= 15 is 0 Å². The Labute approximate surface area is 126 Å². The van der Waals surface area contributed by atoms with E-state index in [0.29, 0.717) is 25.2 Å². The van der Waals surface area contributed by atoms with E-state index in [4.69, 9.17) is 8.85 Å². The van der Waals surface area contributed by atoms with E-state index in [0.717, 1.165) is 13.0 Å². The van der Waals surface area contributed by atoms with Crippen LogP contribution in [0, 0.1) is 5.92 Å². The molecule has 0 aromatic rings. The molecule has 0 bridgehead atoms. The van der Waals surface area contributed by atoms with Gasteiger partial charge in [-0.05, 0) is 45.6 Å². The van der Waals surface area contributed by atoms with Crippen molar-refractivity contribution in [2.24, 2.45) is 5.92 Å². The molecule has 5 heteroatoms. The first-order valence-corrected chi connectivity index (χ1v) is 10.3. The lowest BCUT2D eigenvalue weighted by atomic mass is 9.87. The summed E-state index contributed by atoms with van der Waals surface area (Å²) >= 11 is 0. The summed E-state index contributed by atoms with van der Waals surface area (Å²) in [6.07, 6.45) is 7.59. The molecule has 1 saturated carbocycles. The van der Waals surface area contributed by atoms with Crippen LogP contribution in [0.5, 0.6) is 0 Å². The van der Waals surface area contributed by atoms with Gasteiger partial charge in [0.1, 0.15) is 0 Å². The zero-order valence-corrected chi connectivity index (χ0v) is 14.8. The van der Waals surface area contributed by atoms with Crippen LogP contribution in [-0.2, 0) is 8.85 Å². The van der Waals surface area contributed by atoms with E-state index in [9.17, 15) is 0 Å². The Morgan fingerprint density at radius 2 is 1.70 bits per heavy atom. The fourth-order valence-electron chi connectivity index (χ4n) is 2.89. The van der Waals surface area contributed by atoms with Crippen molar-refractivity contribution >= 4 is 8.88 Å². The molecule has 120 valence electrons. The molecule has 2 atom stereocenters. The van der Waals surface area contributed by atoms with Gasteiger partial charge >= 0.3 is 8.88 Å². The van der Waals surface area contributed by atoms with Gasteiger partial charge in [-0.2, -0.15) is 0 Å². The van der Waals surface area contributed by atoms with Crippen molar-refractivity contribution in [2.45, 2.75) is 72.3 Å². The second-order valence-electron chi connectivity index (χ2n) is 5.78. The standard InChI is InChI=1S/C15H34N2O2Si/c1-5-8-13-16-20(18-6-2,19-7-3)17-15-12-10-9-11-14(15)4/h14-17H,5-13H2,1-4H3. The molecule has 2 N–H and O–H groups in total. The van der Waals surface area contributed by atoms with Crippen LogP contribution in [0.2, 0.25) is 0 Å². The van der Waals surface area contributed by atoms with E-state index in [1.807, 2.05) is 13.8 Å². The van der Waals surface area contributed by atoms with Gasteiger partial charge in [0.05, 0.1) is 0 Å². The third kappa shape index (κ3) is 5.82. The highest BCUT2D eigenvalue weighted by atomic mass is 28.4. The number of unbranched alkanes of at least 4 members (excludes halogenated alkanes) is 1. The maximum atomic E-state index is 6.06. The zero-order chi connectivity index (χ0) is 14.8. The Morgan fingerprint density at radius 3 is 2.25 bits per heavy atom. The van der Waals surface area contributed by atoms with Gasteiger partial charge in [-0.3, -0.25) is 9.96 Å². The first kappa shape index (κ1) is 18.1. The fourth-order valence-corrected chi connectivity index (χ4v) is 5.68. The van der Waals surface area contributed by atoms with Crippen LogP contribution in [0.1, 0.15) is 66.2 Å². The molecule has 1 rings (SSSR count). The monoisotopic (exact) mass is 302 g/mol. The highest BCUT2D eigenvalue weighted by Gasteiger charge is 2.42. The SMILES string of the molecule is CCCCN[Si](NC1CCCCC1C)(OCC)OCC. The van der Waals surface area contributed by atoms with Crippen LogP contribution in [0.3, 0.4) is 0 Å². The molecule has 1 fully saturated rings. The normalized spacial score (nSPS) is 24.0. The van der Waals surface area contributed by atoms with E-state index < -0.39 is 8.88 Å². The summed E-state index contributed by atoms with van der Waals surface area (Å²) in [4.78, 5) is 7.35. The van der Waals surface area contributed by atoms with Gasteiger partial charge in [-0.25, -0.2) is 0 Å². The van der Waals surface area contributed by atoms with Crippen LogP contribution in [0.4, 0.5) is 0 Å². The Hall–Kier alpha value is 0.0569. The predicted molar refractivity (Wildman–Crippen MR) is 86.5 cm³/mol. The van der Waals surface area contributed by atoms with Crippen LogP contribution >= 0.6 is 0 Å². The fraction of sp³-hybridized carbons (Fsp3) is 1.00. The lowest BCUT2D eigenvalue weighted by molar-refractivity contribution is 0.144. The second-order valence-corrected chi connectivity index (χ2v) is 8.23. The Morgan fingerprint density at radius 1 is 1.05 bits per heavy atom. The Bertz CT molecular complexity index is 248. The Balaban J connectivity index is 2.66. The molecule has 4 nitrogen and oxygen atoms in total. The quantitative estimate of drug-likeness (QED) is 0.481. The van der Waals surface area contributed by atoms with E-state index in [1.54, 1.807) is 0 Å². The summed E-state index contributed by atoms with van der Waals surface area (Å²) in [6, 6.07) is 0.530. The number of rotatable bonds is 10. The maximum absolute atomic E-state index is 6.06. The van der Waals surface area contributed by atoms with Crippen molar-refractivity contribution in [3.05, 3.63) is 0 Å². The molecule has 0 saturated heterocycles. The minimum absolute atomic E-state index is 0.530. The van der Waals surface area contributed by atoms with E-state index in [-0.39, 0.29) is 0 Å². The zero-order valence-electron chi connectivity index (χ0n) is 13.8. The van der Waals surface area contributed by atoms with Crippen molar-refractivity contribution in [3.8, 4) is 0 Å². The molecule has 0 radical (unpaired) electrons. The van der Waals surface area contributed by atoms with Gasteiger partial charge in [-0.1, -0.05) is 33.1 Å². The summed E-state index contributed by atoms with van der Waals surface area (Å²) in [5.74, 6) is 0.713. The summed E-state index contributed by atoms with van der Waals surface area (Å²) < 4.78 is 12.1. The average molecular weight is 303 g/mol. The third-order valence-electron chi connectivity index (χ3n) is 4.07. The minimum atomic E-state index is -2.46. The molecular formula is C15H34N2O2Si. The highest BCUT2D eigenvalue weighted by Crippen LogP contribution is 2.25. The second kappa shape index (κ2) is 9.90. The van der Waals surface area contributed by atoms with Gasteiger partial charge in [0, 0.05) is 19.3 Å². The van der Waals surface area contributed by atoms with Crippen molar-refractivity contribution < 1.29 is 8.85 Å². The number of nitrogens with one attached hydrogen (secondary N) is 2. The first-order chi connectivity index (χ1) is 9.67. The lowest BCUT2D eigenvalue weighted by Gasteiger charge is -2.38.